The molecule has 1 unspecified atom stereocenters. The molecule has 1 aromatic heterocycles. The van der Waals surface area contributed by atoms with E-state index in [2.05, 4.69) is 23.4 Å². The van der Waals surface area contributed by atoms with Gasteiger partial charge >= 0.3 is 0 Å². The van der Waals surface area contributed by atoms with Crippen molar-refractivity contribution in [1.29, 1.82) is 0 Å². The highest BCUT2D eigenvalue weighted by atomic mass is 15.2. The molecular weight excluding hydrogens is 222 g/mol. The van der Waals surface area contributed by atoms with Crippen molar-refractivity contribution < 1.29 is 0 Å². The van der Waals surface area contributed by atoms with E-state index in [1.54, 1.807) is 0 Å². The van der Waals surface area contributed by atoms with Crippen LogP contribution in [0.25, 0.3) is 0 Å². The number of hydrogen-bond donors (Lipinski definition) is 2. The van der Waals surface area contributed by atoms with Gasteiger partial charge in [-0.15, -0.1) is 0 Å². The second kappa shape index (κ2) is 6.86. The molecule has 3 nitrogen and oxygen atoms in total. The first-order valence-electron chi connectivity index (χ1n) is 7.18. The average Bonchev–Trinajstić information content (AvgIpc) is 2.65. The molecule has 100 valence electrons. The lowest BCUT2D eigenvalue weighted by Gasteiger charge is -2.23. The number of aromatic nitrogens is 1. The van der Waals surface area contributed by atoms with Crippen molar-refractivity contribution in [1.82, 2.24) is 10.4 Å². The number of rotatable bonds is 4. The van der Waals surface area contributed by atoms with E-state index >= 15 is 0 Å². The van der Waals surface area contributed by atoms with Gasteiger partial charge in [0.2, 0.25) is 0 Å². The predicted octanol–water partition coefficient (Wildman–Crippen LogP) is 3.25. The maximum Gasteiger partial charge on any atom is 0.0480 e. The molecule has 2 rings (SSSR count). The van der Waals surface area contributed by atoms with Crippen LogP contribution in [0.15, 0.2) is 18.5 Å². The first-order valence-corrected chi connectivity index (χ1v) is 7.18. The monoisotopic (exact) mass is 247 g/mol. The third kappa shape index (κ3) is 3.53. The fraction of sp³-hybridized carbons (Fsp3) is 0.667. The molecule has 0 amide bonds. The van der Waals surface area contributed by atoms with Crippen LogP contribution in [0.5, 0.6) is 0 Å². The number of hydrogen-bond acceptors (Lipinski definition) is 3. The lowest BCUT2D eigenvalue weighted by molar-refractivity contribution is 0.358. The highest BCUT2D eigenvalue weighted by molar-refractivity contribution is 5.24. The Bertz CT molecular complexity index is 357. The summed E-state index contributed by atoms with van der Waals surface area (Å²) in [6.07, 6.45) is 13.2. The SMILES string of the molecule is Cc1ccncc1C(CC1CCCCCC1)NN. The van der Waals surface area contributed by atoms with Crippen LogP contribution in [0.4, 0.5) is 0 Å². The van der Waals surface area contributed by atoms with Gasteiger partial charge in [-0.1, -0.05) is 38.5 Å². The van der Waals surface area contributed by atoms with E-state index in [1.165, 1.54) is 49.7 Å². The van der Waals surface area contributed by atoms with Gasteiger partial charge in [-0.05, 0) is 36.5 Å². The normalized spacial score (nSPS) is 19.4. The molecule has 1 fully saturated rings. The molecule has 1 saturated carbocycles. The second-order valence-electron chi connectivity index (χ2n) is 5.54. The summed E-state index contributed by atoms with van der Waals surface area (Å²) in [7, 11) is 0. The van der Waals surface area contributed by atoms with Crippen LogP contribution in [0.2, 0.25) is 0 Å². The first-order chi connectivity index (χ1) is 8.81. The Morgan fingerprint density at radius 3 is 2.67 bits per heavy atom. The molecule has 0 aliphatic heterocycles. The van der Waals surface area contributed by atoms with E-state index in [0.717, 1.165) is 12.3 Å². The van der Waals surface area contributed by atoms with E-state index in [9.17, 15) is 0 Å². The molecule has 3 N–H and O–H groups in total. The molecule has 1 heterocycles. The minimum absolute atomic E-state index is 0.252. The summed E-state index contributed by atoms with van der Waals surface area (Å²) in [5.74, 6) is 6.57. The van der Waals surface area contributed by atoms with Crippen LogP contribution in [0, 0.1) is 12.8 Å². The number of aryl methyl sites for hydroxylation is 1. The number of nitrogens with zero attached hydrogens (tertiary/aromatic N) is 1. The van der Waals surface area contributed by atoms with E-state index < -0.39 is 0 Å². The molecule has 1 aromatic rings. The van der Waals surface area contributed by atoms with Gasteiger partial charge < -0.3 is 0 Å². The van der Waals surface area contributed by atoms with Crippen LogP contribution in [-0.4, -0.2) is 4.98 Å². The predicted molar refractivity (Wildman–Crippen MR) is 74.8 cm³/mol. The van der Waals surface area contributed by atoms with Crippen molar-refractivity contribution in [3.8, 4) is 0 Å². The van der Waals surface area contributed by atoms with Gasteiger partial charge in [-0.2, -0.15) is 0 Å². The zero-order valence-electron chi connectivity index (χ0n) is 11.4. The average molecular weight is 247 g/mol. The number of nitrogens with one attached hydrogen (secondary N) is 1. The van der Waals surface area contributed by atoms with Gasteiger partial charge in [0.05, 0.1) is 0 Å². The van der Waals surface area contributed by atoms with Crippen molar-refractivity contribution in [3.05, 3.63) is 29.6 Å². The lowest BCUT2D eigenvalue weighted by Crippen LogP contribution is -2.30. The van der Waals surface area contributed by atoms with Gasteiger partial charge in [0.1, 0.15) is 0 Å². The quantitative estimate of drug-likeness (QED) is 0.488. The third-order valence-corrected chi connectivity index (χ3v) is 4.20. The van der Waals surface area contributed by atoms with Crippen molar-refractivity contribution >= 4 is 0 Å². The molecule has 0 saturated heterocycles. The van der Waals surface area contributed by atoms with E-state index in [4.69, 9.17) is 5.84 Å². The Balaban J connectivity index is 2.02. The van der Waals surface area contributed by atoms with E-state index in [0.29, 0.717) is 0 Å². The molecule has 1 atom stereocenters. The standard InChI is InChI=1S/C15H25N3/c1-12-8-9-17-11-14(12)15(18-16)10-13-6-4-2-3-5-7-13/h8-9,11,13,15,18H,2-7,10,16H2,1H3. The molecule has 0 aromatic carbocycles. The Morgan fingerprint density at radius 1 is 1.33 bits per heavy atom. The van der Waals surface area contributed by atoms with Crippen molar-refractivity contribution in [2.75, 3.05) is 0 Å². The van der Waals surface area contributed by atoms with Crippen molar-refractivity contribution in [2.24, 2.45) is 11.8 Å². The zero-order valence-corrected chi connectivity index (χ0v) is 11.4. The minimum Gasteiger partial charge on any atom is -0.271 e. The highest BCUT2D eigenvalue weighted by Crippen LogP contribution is 2.31. The largest absolute Gasteiger partial charge is 0.271 e. The van der Waals surface area contributed by atoms with Gasteiger partial charge in [0, 0.05) is 18.4 Å². The van der Waals surface area contributed by atoms with Crippen LogP contribution in [0.1, 0.15) is 62.1 Å². The molecule has 1 aliphatic carbocycles. The first kappa shape index (κ1) is 13.5. The minimum atomic E-state index is 0.252. The summed E-state index contributed by atoms with van der Waals surface area (Å²) in [4.78, 5) is 4.23. The zero-order chi connectivity index (χ0) is 12.8. The molecule has 0 radical (unpaired) electrons. The maximum atomic E-state index is 5.75. The van der Waals surface area contributed by atoms with Gasteiger partial charge in [0.15, 0.2) is 0 Å². The molecule has 18 heavy (non-hydrogen) atoms. The van der Waals surface area contributed by atoms with Gasteiger partial charge in [0.25, 0.3) is 0 Å². The summed E-state index contributed by atoms with van der Waals surface area (Å²) >= 11 is 0. The Kier molecular flexibility index (Phi) is 5.14. The number of nitrogens with two attached hydrogens (primary N) is 1. The fourth-order valence-electron chi connectivity index (χ4n) is 3.06. The topological polar surface area (TPSA) is 50.9 Å². The molecular formula is C15H25N3. The second-order valence-corrected chi connectivity index (χ2v) is 5.54. The van der Waals surface area contributed by atoms with Crippen LogP contribution < -0.4 is 11.3 Å². The number of pyridine rings is 1. The summed E-state index contributed by atoms with van der Waals surface area (Å²) < 4.78 is 0. The Labute approximate surface area is 110 Å². The Morgan fingerprint density at radius 2 is 2.06 bits per heavy atom. The van der Waals surface area contributed by atoms with Gasteiger partial charge in [-0.3, -0.25) is 16.3 Å². The van der Waals surface area contributed by atoms with E-state index in [-0.39, 0.29) is 6.04 Å². The summed E-state index contributed by atoms with van der Waals surface area (Å²) in [5.41, 5.74) is 5.52. The number of hydrazine groups is 1. The lowest BCUT2D eigenvalue weighted by atomic mass is 9.89. The maximum absolute atomic E-state index is 5.75. The Hall–Kier alpha value is -0.930. The molecule has 0 bridgehead atoms. The van der Waals surface area contributed by atoms with Crippen molar-refractivity contribution in [3.63, 3.8) is 0 Å². The summed E-state index contributed by atoms with van der Waals surface area (Å²) in [6, 6.07) is 2.31. The molecule has 1 aliphatic rings. The molecule has 0 spiro atoms. The molecule has 3 heteroatoms. The van der Waals surface area contributed by atoms with Gasteiger partial charge in [-0.25, -0.2) is 0 Å². The smallest absolute Gasteiger partial charge is 0.0480 e. The van der Waals surface area contributed by atoms with E-state index in [1.807, 2.05) is 12.4 Å². The van der Waals surface area contributed by atoms with Crippen LogP contribution >= 0.6 is 0 Å². The summed E-state index contributed by atoms with van der Waals surface area (Å²) in [6.45, 7) is 2.13. The highest BCUT2D eigenvalue weighted by Gasteiger charge is 2.19. The fourth-order valence-corrected chi connectivity index (χ4v) is 3.06. The van der Waals surface area contributed by atoms with Crippen LogP contribution in [-0.2, 0) is 0 Å². The summed E-state index contributed by atoms with van der Waals surface area (Å²) in [5, 5.41) is 0. The van der Waals surface area contributed by atoms with Crippen molar-refractivity contribution in [2.45, 2.75) is 57.9 Å². The third-order valence-electron chi connectivity index (χ3n) is 4.20. The van der Waals surface area contributed by atoms with Crippen LogP contribution in [0.3, 0.4) is 0 Å².